The largest absolute Gasteiger partial charge is 0.497 e. The van der Waals surface area contributed by atoms with Gasteiger partial charge in [0.05, 0.1) is 25.6 Å². The number of anilines is 1. The number of nitrogens with zero attached hydrogens (tertiary/aromatic N) is 2. The van der Waals surface area contributed by atoms with Gasteiger partial charge >= 0.3 is 0 Å². The van der Waals surface area contributed by atoms with Crippen molar-refractivity contribution in [3.63, 3.8) is 0 Å². The standard InChI is InChI=1S/C20H23N3O2/c1-14-20(15(2)23(22-14)17-8-6-5-7-9-17)13-21-16-10-18(24-3)12-19(11-16)25-4/h5-12,21H,13H2,1-4H3. The summed E-state index contributed by atoms with van der Waals surface area (Å²) in [6.07, 6.45) is 0. The van der Waals surface area contributed by atoms with Gasteiger partial charge in [-0.3, -0.25) is 0 Å². The molecule has 5 heteroatoms. The second-order valence-corrected chi connectivity index (χ2v) is 5.85. The summed E-state index contributed by atoms with van der Waals surface area (Å²) in [5, 5.41) is 8.13. The average Bonchev–Trinajstić information content (AvgIpc) is 2.94. The van der Waals surface area contributed by atoms with Gasteiger partial charge in [0.2, 0.25) is 0 Å². The van der Waals surface area contributed by atoms with Crippen LogP contribution in [-0.2, 0) is 6.54 Å². The van der Waals surface area contributed by atoms with Gasteiger partial charge in [0.1, 0.15) is 11.5 Å². The molecule has 0 aliphatic heterocycles. The van der Waals surface area contributed by atoms with Gasteiger partial charge in [0.15, 0.2) is 0 Å². The molecule has 1 aromatic heterocycles. The molecule has 0 radical (unpaired) electrons. The molecule has 2 aromatic carbocycles. The van der Waals surface area contributed by atoms with Crippen LogP contribution in [0.3, 0.4) is 0 Å². The summed E-state index contributed by atoms with van der Waals surface area (Å²) in [5.74, 6) is 1.52. The van der Waals surface area contributed by atoms with Crippen LogP contribution in [0.25, 0.3) is 5.69 Å². The Morgan fingerprint density at radius 1 is 0.960 bits per heavy atom. The van der Waals surface area contributed by atoms with E-state index in [1.54, 1.807) is 14.2 Å². The normalized spacial score (nSPS) is 10.6. The van der Waals surface area contributed by atoms with E-state index >= 15 is 0 Å². The average molecular weight is 337 g/mol. The molecular formula is C20H23N3O2. The van der Waals surface area contributed by atoms with Crippen LogP contribution in [0.4, 0.5) is 5.69 Å². The van der Waals surface area contributed by atoms with Gasteiger partial charge in [-0.1, -0.05) is 18.2 Å². The Balaban J connectivity index is 1.84. The zero-order chi connectivity index (χ0) is 17.8. The maximum atomic E-state index is 5.32. The minimum atomic E-state index is 0.681. The number of hydrogen-bond acceptors (Lipinski definition) is 4. The van der Waals surface area contributed by atoms with Crippen molar-refractivity contribution in [3.05, 3.63) is 65.5 Å². The molecule has 0 amide bonds. The zero-order valence-corrected chi connectivity index (χ0v) is 15.0. The molecule has 0 aliphatic rings. The van der Waals surface area contributed by atoms with Gasteiger partial charge in [-0.2, -0.15) is 5.10 Å². The van der Waals surface area contributed by atoms with Crippen molar-refractivity contribution in [2.75, 3.05) is 19.5 Å². The van der Waals surface area contributed by atoms with Gasteiger partial charge < -0.3 is 14.8 Å². The highest BCUT2D eigenvalue weighted by atomic mass is 16.5. The number of ether oxygens (including phenoxy) is 2. The first kappa shape index (κ1) is 16.9. The van der Waals surface area contributed by atoms with Gasteiger partial charge in [-0.15, -0.1) is 0 Å². The summed E-state index contributed by atoms with van der Waals surface area (Å²) in [6.45, 7) is 4.81. The Kier molecular flexibility index (Phi) is 4.93. The molecule has 0 spiro atoms. The van der Waals surface area contributed by atoms with Gasteiger partial charge in [0, 0.05) is 41.7 Å². The Hall–Kier alpha value is -2.95. The molecule has 0 atom stereocenters. The molecule has 0 bridgehead atoms. The lowest BCUT2D eigenvalue weighted by molar-refractivity contribution is 0.394. The molecule has 1 N–H and O–H groups in total. The Labute approximate surface area is 148 Å². The number of benzene rings is 2. The lowest BCUT2D eigenvalue weighted by Gasteiger charge is -2.11. The third-order valence-corrected chi connectivity index (χ3v) is 4.26. The van der Waals surface area contributed by atoms with Crippen molar-refractivity contribution in [1.29, 1.82) is 0 Å². The Morgan fingerprint density at radius 2 is 1.60 bits per heavy atom. The lowest BCUT2D eigenvalue weighted by Crippen LogP contribution is -2.03. The first-order valence-corrected chi connectivity index (χ1v) is 8.20. The van der Waals surface area contributed by atoms with Crippen molar-refractivity contribution in [2.45, 2.75) is 20.4 Å². The van der Waals surface area contributed by atoms with Crippen LogP contribution in [0.2, 0.25) is 0 Å². The quantitative estimate of drug-likeness (QED) is 0.735. The SMILES string of the molecule is COc1cc(NCc2c(C)nn(-c3ccccc3)c2C)cc(OC)c1. The molecule has 0 unspecified atom stereocenters. The number of para-hydroxylation sites is 1. The van der Waals surface area contributed by atoms with E-state index in [1.165, 1.54) is 5.56 Å². The second-order valence-electron chi connectivity index (χ2n) is 5.85. The second kappa shape index (κ2) is 7.30. The summed E-state index contributed by atoms with van der Waals surface area (Å²) >= 11 is 0. The molecule has 3 rings (SSSR count). The fraction of sp³-hybridized carbons (Fsp3) is 0.250. The molecule has 130 valence electrons. The highest BCUT2D eigenvalue weighted by Gasteiger charge is 2.13. The van der Waals surface area contributed by atoms with Crippen molar-refractivity contribution >= 4 is 5.69 Å². The monoisotopic (exact) mass is 337 g/mol. The van der Waals surface area contributed by atoms with Gasteiger partial charge in [-0.25, -0.2) is 4.68 Å². The third-order valence-electron chi connectivity index (χ3n) is 4.26. The molecular weight excluding hydrogens is 314 g/mol. The van der Waals surface area contributed by atoms with Crippen LogP contribution in [0.5, 0.6) is 11.5 Å². The number of rotatable bonds is 6. The summed E-state index contributed by atoms with van der Waals surface area (Å²) in [6, 6.07) is 15.9. The predicted octanol–water partition coefficient (Wildman–Crippen LogP) is 4.12. The van der Waals surface area contributed by atoms with Crippen LogP contribution in [0.1, 0.15) is 17.0 Å². The van der Waals surface area contributed by atoms with Crippen LogP contribution < -0.4 is 14.8 Å². The lowest BCUT2D eigenvalue weighted by atomic mass is 10.2. The van der Waals surface area contributed by atoms with E-state index < -0.39 is 0 Å². The van der Waals surface area contributed by atoms with E-state index in [0.717, 1.165) is 34.3 Å². The number of aryl methyl sites for hydroxylation is 1. The highest BCUT2D eigenvalue weighted by molar-refractivity contribution is 5.54. The summed E-state index contributed by atoms with van der Waals surface area (Å²) in [4.78, 5) is 0. The first-order valence-electron chi connectivity index (χ1n) is 8.20. The summed E-state index contributed by atoms with van der Waals surface area (Å²) in [5.41, 5.74) is 5.35. The van der Waals surface area contributed by atoms with E-state index in [4.69, 9.17) is 9.47 Å². The third kappa shape index (κ3) is 3.60. The van der Waals surface area contributed by atoms with Crippen molar-refractivity contribution < 1.29 is 9.47 Å². The number of methoxy groups -OCH3 is 2. The summed E-state index contributed by atoms with van der Waals surface area (Å²) < 4.78 is 12.6. The number of nitrogens with one attached hydrogen (secondary N) is 1. The number of aromatic nitrogens is 2. The fourth-order valence-corrected chi connectivity index (χ4v) is 2.85. The molecule has 0 saturated carbocycles. The minimum Gasteiger partial charge on any atom is -0.497 e. The molecule has 0 fully saturated rings. The summed E-state index contributed by atoms with van der Waals surface area (Å²) in [7, 11) is 3.30. The van der Waals surface area contributed by atoms with E-state index in [1.807, 2.05) is 48.0 Å². The fourth-order valence-electron chi connectivity index (χ4n) is 2.85. The molecule has 5 nitrogen and oxygen atoms in total. The van der Waals surface area contributed by atoms with E-state index in [2.05, 4.69) is 29.5 Å². The number of hydrogen-bond donors (Lipinski definition) is 1. The Bertz CT molecular complexity index is 835. The van der Waals surface area contributed by atoms with E-state index in [-0.39, 0.29) is 0 Å². The zero-order valence-electron chi connectivity index (χ0n) is 15.0. The maximum Gasteiger partial charge on any atom is 0.124 e. The van der Waals surface area contributed by atoms with Crippen molar-refractivity contribution in [1.82, 2.24) is 9.78 Å². The van der Waals surface area contributed by atoms with Gasteiger partial charge in [0.25, 0.3) is 0 Å². The van der Waals surface area contributed by atoms with Crippen molar-refractivity contribution in [3.8, 4) is 17.2 Å². The topological polar surface area (TPSA) is 48.3 Å². The highest BCUT2D eigenvalue weighted by Crippen LogP contribution is 2.27. The van der Waals surface area contributed by atoms with Crippen LogP contribution in [0, 0.1) is 13.8 Å². The maximum absolute atomic E-state index is 5.32. The van der Waals surface area contributed by atoms with Crippen LogP contribution >= 0.6 is 0 Å². The van der Waals surface area contributed by atoms with E-state index in [0.29, 0.717) is 6.54 Å². The van der Waals surface area contributed by atoms with Crippen molar-refractivity contribution in [2.24, 2.45) is 0 Å². The first-order chi connectivity index (χ1) is 12.1. The molecule has 25 heavy (non-hydrogen) atoms. The predicted molar refractivity (Wildman–Crippen MR) is 99.9 cm³/mol. The van der Waals surface area contributed by atoms with Gasteiger partial charge in [-0.05, 0) is 26.0 Å². The molecule has 3 aromatic rings. The van der Waals surface area contributed by atoms with E-state index in [9.17, 15) is 0 Å². The Morgan fingerprint density at radius 3 is 2.20 bits per heavy atom. The minimum absolute atomic E-state index is 0.681. The molecule has 0 aliphatic carbocycles. The smallest absolute Gasteiger partial charge is 0.124 e. The molecule has 1 heterocycles. The van der Waals surface area contributed by atoms with Crippen LogP contribution in [-0.4, -0.2) is 24.0 Å². The van der Waals surface area contributed by atoms with Crippen LogP contribution in [0.15, 0.2) is 48.5 Å². The molecule has 0 saturated heterocycles.